The van der Waals surface area contributed by atoms with E-state index < -0.39 is 11.8 Å². The van der Waals surface area contributed by atoms with Gasteiger partial charge in [-0.3, -0.25) is 9.59 Å². The van der Waals surface area contributed by atoms with Gasteiger partial charge in [0.2, 0.25) is 0 Å². The van der Waals surface area contributed by atoms with Crippen LogP contribution in [-0.4, -0.2) is 24.1 Å². The monoisotopic (exact) mass is 265 g/mol. The number of halogens is 1. The van der Waals surface area contributed by atoms with Gasteiger partial charge in [-0.05, 0) is 30.5 Å². The molecule has 0 saturated heterocycles. The Morgan fingerprint density at radius 1 is 1.22 bits per heavy atom. The van der Waals surface area contributed by atoms with E-state index in [4.69, 9.17) is 11.6 Å². The highest BCUT2D eigenvalue weighted by Gasteiger charge is 2.26. The van der Waals surface area contributed by atoms with Crippen molar-refractivity contribution in [2.75, 3.05) is 0 Å². The second kappa shape index (κ2) is 5.64. The number of hydrogen-bond donors (Lipinski definition) is 2. The molecule has 5 nitrogen and oxygen atoms in total. The second-order valence-electron chi connectivity index (χ2n) is 4.00. The number of rotatable bonds is 3. The molecule has 1 aromatic rings. The summed E-state index contributed by atoms with van der Waals surface area (Å²) in [5, 5.41) is 6.88. The van der Waals surface area contributed by atoms with Gasteiger partial charge in [-0.2, -0.15) is 5.10 Å². The summed E-state index contributed by atoms with van der Waals surface area (Å²) in [6, 6.07) is 7.09. The van der Waals surface area contributed by atoms with E-state index in [0.29, 0.717) is 5.02 Å². The molecule has 2 amide bonds. The zero-order valence-corrected chi connectivity index (χ0v) is 10.3. The predicted octanol–water partition coefficient (Wildman–Crippen LogP) is 1.07. The lowest BCUT2D eigenvalue weighted by Gasteiger charge is -2.00. The molecule has 0 atom stereocenters. The number of hydrazone groups is 1. The van der Waals surface area contributed by atoms with E-state index in [1.54, 1.807) is 24.3 Å². The minimum absolute atomic E-state index is 0.156. The number of benzene rings is 1. The van der Waals surface area contributed by atoms with Crippen molar-refractivity contribution in [2.24, 2.45) is 5.10 Å². The van der Waals surface area contributed by atoms with Crippen molar-refractivity contribution in [3.05, 3.63) is 34.9 Å². The van der Waals surface area contributed by atoms with Crippen molar-refractivity contribution in [3.8, 4) is 0 Å². The summed E-state index contributed by atoms with van der Waals surface area (Å²) < 4.78 is 0. The SMILES string of the molecule is O=C(N/N=C\c1ccc(Cl)cc1)C(=O)NC1CC1. The lowest BCUT2D eigenvalue weighted by molar-refractivity contribution is -0.139. The molecule has 1 aliphatic rings. The van der Waals surface area contributed by atoms with Crippen LogP contribution >= 0.6 is 11.6 Å². The summed E-state index contributed by atoms with van der Waals surface area (Å²) >= 11 is 5.72. The first kappa shape index (κ1) is 12.6. The van der Waals surface area contributed by atoms with Gasteiger partial charge in [-0.1, -0.05) is 23.7 Å². The van der Waals surface area contributed by atoms with E-state index in [9.17, 15) is 9.59 Å². The third kappa shape index (κ3) is 3.85. The van der Waals surface area contributed by atoms with Gasteiger partial charge in [-0.25, -0.2) is 5.43 Å². The van der Waals surface area contributed by atoms with Gasteiger partial charge in [0.1, 0.15) is 0 Å². The van der Waals surface area contributed by atoms with Gasteiger partial charge in [0.25, 0.3) is 0 Å². The van der Waals surface area contributed by atoms with E-state index in [1.807, 2.05) is 0 Å². The van der Waals surface area contributed by atoms with Gasteiger partial charge in [-0.15, -0.1) is 0 Å². The summed E-state index contributed by atoms with van der Waals surface area (Å²) in [5.74, 6) is -1.40. The third-order valence-electron chi connectivity index (χ3n) is 2.37. The molecule has 1 saturated carbocycles. The molecular formula is C12H12ClN3O2. The highest BCUT2D eigenvalue weighted by molar-refractivity contribution is 6.35. The fraction of sp³-hybridized carbons (Fsp3) is 0.250. The van der Waals surface area contributed by atoms with Crippen LogP contribution in [0.4, 0.5) is 0 Å². The van der Waals surface area contributed by atoms with E-state index in [-0.39, 0.29) is 6.04 Å². The summed E-state index contributed by atoms with van der Waals surface area (Å²) in [6.07, 6.45) is 3.32. The highest BCUT2D eigenvalue weighted by Crippen LogP contribution is 2.18. The van der Waals surface area contributed by atoms with Crippen LogP contribution in [-0.2, 0) is 9.59 Å². The molecule has 0 spiro atoms. The largest absolute Gasteiger partial charge is 0.345 e. The lowest BCUT2D eigenvalue weighted by Crippen LogP contribution is -2.38. The van der Waals surface area contributed by atoms with Crippen LogP contribution in [0.1, 0.15) is 18.4 Å². The standard InChI is InChI=1S/C12H12ClN3O2/c13-9-3-1-8(2-4-9)7-14-16-12(18)11(17)15-10-5-6-10/h1-4,7,10H,5-6H2,(H,15,17)(H,16,18)/b14-7-. The fourth-order valence-electron chi connectivity index (χ4n) is 1.24. The number of amides is 2. The Kier molecular flexibility index (Phi) is 3.94. The molecule has 18 heavy (non-hydrogen) atoms. The van der Waals surface area contributed by atoms with Crippen LogP contribution in [0.25, 0.3) is 0 Å². The van der Waals surface area contributed by atoms with Crippen LogP contribution in [0.2, 0.25) is 5.02 Å². The molecular weight excluding hydrogens is 254 g/mol. The molecule has 2 N–H and O–H groups in total. The zero-order valence-electron chi connectivity index (χ0n) is 9.52. The number of hydrogen-bond acceptors (Lipinski definition) is 3. The molecule has 1 aromatic carbocycles. The Bertz CT molecular complexity index is 481. The topological polar surface area (TPSA) is 70.6 Å². The number of carbonyl (C=O) groups is 2. The average molecular weight is 266 g/mol. The molecule has 0 radical (unpaired) electrons. The van der Waals surface area contributed by atoms with Gasteiger partial charge in [0.05, 0.1) is 6.21 Å². The van der Waals surface area contributed by atoms with E-state index in [2.05, 4.69) is 15.8 Å². The van der Waals surface area contributed by atoms with Crippen molar-refractivity contribution in [1.29, 1.82) is 0 Å². The molecule has 1 fully saturated rings. The van der Waals surface area contributed by atoms with E-state index in [0.717, 1.165) is 18.4 Å². The fourth-order valence-corrected chi connectivity index (χ4v) is 1.37. The molecule has 2 rings (SSSR count). The third-order valence-corrected chi connectivity index (χ3v) is 2.62. The first-order valence-corrected chi connectivity index (χ1v) is 5.92. The number of carbonyl (C=O) groups excluding carboxylic acids is 2. The number of nitrogens with one attached hydrogen (secondary N) is 2. The minimum atomic E-state index is -0.757. The smallest absolute Gasteiger partial charge is 0.329 e. The Balaban J connectivity index is 1.80. The molecule has 6 heteroatoms. The van der Waals surface area contributed by atoms with E-state index in [1.165, 1.54) is 6.21 Å². The second-order valence-corrected chi connectivity index (χ2v) is 4.43. The highest BCUT2D eigenvalue weighted by atomic mass is 35.5. The summed E-state index contributed by atoms with van der Waals surface area (Å²) in [7, 11) is 0. The Morgan fingerprint density at radius 2 is 1.89 bits per heavy atom. The minimum Gasteiger partial charge on any atom is -0.345 e. The van der Waals surface area contributed by atoms with Crippen LogP contribution in [0.15, 0.2) is 29.4 Å². The normalized spacial score (nSPS) is 14.5. The maximum atomic E-state index is 11.3. The van der Waals surface area contributed by atoms with Crippen LogP contribution in [0, 0.1) is 0 Å². The first-order valence-electron chi connectivity index (χ1n) is 5.54. The van der Waals surface area contributed by atoms with Crippen molar-refractivity contribution in [1.82, 2.24) is 10.7 Å². The molecule has 0 bridgehead atoms. The van der Waals surface area contributed by atoms with Gasteiger partial charge in [0.15, 0.2) is 0 Å². The van der Waals surface area contributed by atoms with Gasteiger partial charge in [0, 0.05) is 11.1 Å². The maximum absolute atomic E-state index is 11.3. The molecule has 0 aliphatic heterocycles. The zero-order chi connectivity index (χ0) is 13.0. The van der Waals surface area contributed by atoms with Gasteiger partial charge >= 0.3 is 11.8 Å². The van der Waals surface area contributed by atoms with Gasteiger partial charge < -0.3 is 5.32 Å². The molecule has 0 heterocycles. The molecule has 0 unspecified atom stereocenters. The lowest BCUT2D eigenvalue weighted by atomic mass is 10.2. The molecule has 0 aromatic heterocycles. The Labute approximate surface area is 109 Å². The summed E-state index contributed by atoms with van der Waals surface area (Å²) in [4.78, 5) is 22.6. The van der Waals surface area contributed by atoms with Crippen LogP contribution < -0.4 is 10.7 Å². The first-order chi connectivity index (χ1) is 8.65. The van der Waals surface area contributed by atoms with Crippen LogP contribution in [0.5, 0.6) is 0 Å². The number of nitrogens with zero attached hydrogens (tertiary/aromatic N) is 1. The average Bonchev–Trinajstić information content (AvgIpc) is 3.15. The van der Waals surface area contributed by atoms with Crippen molar-refractivity contribution < 1.29 is 9.59 Å². The molecule has 94 valence electrons. The van der Waals surface area contributed by atoms with Crippen molar-refractivity contribution in [2.45, 2.75) is 18.9 Å². The Hall–Kier alpha value is -1.88. The quantitative estimate of drug-likeness (QED) is 0.488. The van der Waals surface area contributed by atoms with Crippen molar-refractivity contribution >= 4 is 29.6 Å². The molecule has 1 aliphatic carbocycles. The van der Waals surface area contributed by atoms with Crippen molar-refractivity contribution in [3.63, 3.8) is 0 Å². The summed E-state index contributed by atoms with van der Waals surface area (Å²) in [6.45, 7) is 0. The van der Waals surface area contributed by atoms with Crippen LogP contribution in [0.3, 0.4) is 0 Å². The Morgan fingerprint density at radius 3 is 2.50 bits per heavy atom. The maximum Gasteiger partial charge on any atom is 0.329 e. The predicted molar refractivity (Wildman–Crippen MR) is 68.4 cm³/mol. The summed E-state index contributed by atoms with van der Waals surface area (Å²) in [5.41, 5.74) is 2.94. The van der Waals surface area contributed by atoms with E-state index >= 15 is 0 Å².